The minimum absolute atomic E-state index is 0.364. The Morgan fingerprint density at radius 2 is 1.65 bits per heavy atom. The minimum Gasteiger partial charge on any atom is -0.379 e. The third-order valence-electron chi connectivity index (χ3n) is 2.99. The van der Waals surface area contributed by atoms with Gasteiger partial charge in [0.1, 0.15) is 5.75 Å². The average Bonchev–Trinajstić information content (AvgIpc) is 2.43. The molecular formula is C16H16O3S. The third kappa shape index (κ3) is 3.71. The van der Waals surface area contributed by atoms with Crippen molar-refractivity contribution in [2.24, 2.45) is 0 Å². The molecule has 20 heavy (non-hydrogen) atoms. The van der Waals surface area contributed by atoms with Crippen LogP contribution in [0, 0.1) is 13.8 Å². The Labute approximate surface area is 119 Å². The van der Waals surface area contributed by atoms with Crippen molar-refractivity contribution < 1.29 is 12.6 Å². The van der Waals surface area contributed by atoms with E-state index in [1.54, 1.807) is 12.1 Å². The number of aryl methyl sites for hydroxylation is 1. The van der Waals surface area contributed by atoms with E-state index in [1.807, 2.05) is 50.2 Å². The fraction of sp³-hybridized carbons (Fsp3) is 0.125. The molecule has 0 saturated heterocycles. The highest BCUT2D eigenvalue weighted by atomic mass is 32.2. The van der Waals surface area contributed by atoms with E-state index in [2.05, 4.69) is 0 Å². The summed E-state index contributed by atoms with van der Waals surface area (Å²) >= 11 is 0. The summed E-state index contributed by atoms with van der Waals surface area (Å²) in [6, 6.07) is 14.5. The maximum absolute atomic E-state index is 11.9. The molecule has 0 aliphatic heterocycles. The Hall–Kier alpha value is -2.07. The van der Waals surface area contributed by atoms with E-state index in [-0.39, 0.29) is 0 Å². The van der Waals surface area contributed by atoms with Crippen LogP contribution in [0.15, 0.2) is 53.9 Å². The van der Waals surface area contributed by atoms with Crippen molar-refractivity contribution >= 4 is 16.2 Å². The van der Waals surface area contributed by atoms with Gasteiger partial charge in [0.25, 0.3) is 0 Å². The monoisotopic (exact) mass is 288 g/mol. The lowest BCUT2D eigenvalue weighted by Crippen LogP contribution is -2.06. The van der Waals surface area contributed by atoms with E-state index in [0.29, 0.717) is 5.75 Å². The maximum Gasteiger partial charge on any atom is 0.332 e. The van der Waals surface area contributed by atoms with Gasteiger partial charge in [-0.2, -0.15) is 8.42 Å². The van der Waals surface area contributed by atoms with Crippen molar-refractivity contribution in [2.45, 2.75) is 13.8 Å². The first-order chi connectivity index (χ1) is 9.48. The summed E-state index contributed by atoms with van der Waals surface area (Å²) in [7, 11) is -3.75. The van der Waals surface area contributed by atoms with Gasteiger partial charge in [0.05, 0.1) is 5.41 Å². The molecule has 2 aromatic carbocycles. The first kappa shape index (κ1) is 14.3. The normalized spacial score (nSPS) is 11.7. The Morgan fingerprint density at radius 3 is 2.35 bits per heavy atom. The quantitative estimate of drug-likeness (QED) is 0.806. The first-order valence-electron chi connectivity index (χ1n) is 6.22. The third-order valence-corrected chi connectivity index (χ3v) is 3.87. The minimum atomic E-state index is -3.75. The number of hydrogen-bond acceptors (Lipinski definition) is 3. The van der Waals surface area contributed by atoms with Crippen LogP contribution in [0.1, 0.15) is 16.7 Å². The zero-order chi connectivity index (χ0) is 14.6. The zero-order valence-electron chi connectivity index (χ0n) is 11.4. The average molecular weight is 288 g/mol. The van der Waals surface area contributed by atoms with Crippen LogP contribution < -0.4 is 4.18 Å². The van der Waals surface area contributed by atoms with Gasteiger partial charge in [-0.05, 0) is 42.7 Å². The summed E-state index contributed by atoms with van der Waals surface area (Å²) in [5.74, 6) is 0.364. The molecule has 0 fully saturated rings. The molecule has 0 aliphatic carbocycles. The van der Waals surface area contributed by atoms with Crippen LogP contribution in [0.3, 0.4) is 0 Å². The summed E-state index contributed by atoms with van der Waals surface area (Å²) in [4.78, 5) is 0. The highest BCUT2D eigenvalue weighted by Crippen LogP contribution is 2.22. The van der Waals surface area contributed by atoms with Crippen LogP contribution in [0.4, 0.5) is 0 Å². The van der Waals surface area contributed by atoms with Crippen molar-refractivity contribution in [1.29, 1.82) is 0 Å². The van der Waals surface area contributed by atoms with Crippen LogP contribution in [-0.4, -0.2) is 8.42 Å². The summed E-state index contributed by atoms with van der Waals surface area (Å²) in [5, 5.41) is 1.07. The molecule has 4 heteroatoms. The van der Waals surface area contributed by atoms with Gasteiger partial charge < -0.3 is 4.18 Å². The molecule has 0 aliphatic rings. The summed E-state index contributed by atoms with van der Waals surface area (Å²) in [6.07, 6.45) is 1.51. The van der Waals surface area contributed by atoms with E-state index in [0.717, 1.165) is 22.1 Å². The van der Waals surface area contributed by atoms with E-state index in [1.165, 1.54) is 6.08 Å². The van der Waals surface area contributed by atoms with Gasteiger partial charge in [0.2, 0.25) is 0 Å². The van der Waals surface area contributed by atoms with Crippen LogP contribution in [0.25, 0.3) is 6.08 Å². The topological polar surface area (TPSA) is 43.4 Å². The highest BCUT2D eigenvalue weighted by molar-refractivity contribution is 7.90. The van der Waals surface area contributed by atoms with Gasteiger partial charge >= 0.3 is 10.1 Å². The number of rotatable bonds is 4. The Bertz CT molecular complexity index is 717. The Morgan fingerprint density at radius 1 is 0.950 bits per heavy atom. The molecule has 0 spiro atoms. The van der Waals surface area contributed by atoms with E-state index in [9.17, 15) is 8.42 Å². The predicted octanol–water partition coefficient (Wildman–Crippen LogP) is 3.68. The lowest BCUT2D eigenvalue weighted by atomic mass is 10.1. The van der Waals surface area contributed by atoms with Crippen LogP contribution in [-0.2, 0) is 10.1 Å². The van der Waals surface area contributed by atoms with Gasteiger partial charge in [-0.25, -0.2) is 0 Å². The molecule has 0 amide bonds. The molecule has 0 unspecified atom stereocenters. The largest absolute Gasteiger partial charge is 0.379 e. The van der Waals surface area contributed by atoms with Crippen molar-refractivity contribution in [3.63, 3.8) is 0 Å². The molecule has 2 rings (SSSR count). The molecule has 2 aromatic rings. The fourth-order valence-electron chi connectivity index (χ4n) is 1.69. The molecule has 0 radical (unpaired) electrons. The van der Waals surface area contributed by atoms with Crippen molar-refractivity contribution in [3.05, 3.63) is 70.6 Å². The maximum atomic E-state index is 11.9. The van der Waals surface area contributed by atoms with E-state index in [4.69, 9.17) is 4.18 Å². The predicted molar refractivity (Wildman–Crippen MR) is 80.9 cm³/mol. The zero-order valence-corrected chi connectivity index (χ0v) is 12.2. The second kappa shape index (κ2) is 5.92. The molecule has 0 heterocycles. The molecule has 0 bridgehead atoms. The molecule has 0 N–H and O–H groups in total. The summed E-state index contributed by atoms with van der Waals surface area (Å²) < 4.78 is 29.0. The highest BCUT2D eigenvalue weighted by Gasteiger charge is 2.11. The fourth-order valence-corrected chi connectivity index (χ4v) is 2.50. The van der Waals surface area contributed by atoms with E-state index >= 15 is 0 Å². The Kier molecular flexibility index (Phi) is 4.25. The van der Waals surface area contributed by atoms with Gasteiger partial charge in [0, 0.05) is 0 Å². The van der Waals surface area contributed by atoms with E-state index < -0.39 is 10.1 Å². The van der Waals surface area contributed by atoms with Gasteiger partial charge in [-0.3, -0.25) is 0 Å². The second-order valence-corrected chi connectivity index (χ2v) is 5.91. The standard InChI is InChI=1S/C16H16O3S/c1-13-7-6-10-16(14(13)2)19-20(17,18)12-11-15-8-4-3-5-9-15/h3-12H,1-2H3/b12-11+. The van der Waals surface area contributed by atoms with Crippen LogP contribution >= 0.6 is 0 Å². The van der Waals surface area contributed by atoms with Crippen molar-refractivity contribution in [1.82, 2.24) is 0 Å². The van der Waals surface area contributed by atoms with Gasteiger partial charge in [0.15, 0.2) is 0 Å². The van der Waals surface area contributed by atoms with Gasteiger partial charge in [-0.1, -0.05) is 42.5 Å². The number of hydrogen-bond donors (Lipinski definition) is 0. The lowest BCUT2D eigenvalue weighted by Gasteiger charge is -2.08. The smallest absolute Gasteiger partial charge is 0.332 e. The van der Waals surface area contributed by atoms with Crippen LogP contribution in [0.2, 0.25) is 0 Å². The first-order valence-corrected chi connectivity index (χ1v) is 7.69. The van der Waals surface area contributed by atoms with Crippen LogP contribution in [0.5, 0.6) is 5.75 Å². The summed E-state index contributed by atoms with van der Waals surface area (Å²) in [6.45, 7) is 3.75. The molecule has 0 atom stereocenters. The SMILES string of the molecule is Cc1cccc(OS(=O)(=O)/C=C/c2ccccc2)c1C. The van der Waals surface area contributed by atoms with Crippen molar-refractivity contribution in [2.75, 3.05) is 0 Å². The number of benzene rings is 2. The van der Waals surface area contributed by atoms with Gasteiger partial charge in [-0.15, -0.1) is 0 Å². The molecule has 3 nitrogen and oxygen atoms in total. The lowest BCUT2D eigenvalue weighted by molar-refractivity contribution is 0.494. The molecular weight excluding hydrogens is 272 g/mol. The second-order valence-electron chi connectivity index (χ2n) is 4.49. The molecule has 0 saturated carbocycles. The van der Waals surface area contributed by atoms with Crippen molar-refractivity contribution in [3.8, 4) is 5.75 Å². The Balaban J connectivity index is 2.20. The molecule has 104 valence electrons. The summed E-state index contributed by atoms with van der Waals surface area (Å²) in [5.41, 5.74) is 2.62. The molecule has 0 aromatic heterocycles.